The summed E-state index contributed by atoms with van der Waals surface area (Å²) in [5.74, 6) is 1.68. The lowest BCUT2D eigenvalue weighted by Crippen LogP contribution is -2.33. The van der Waals surface area contributed by atoms with E-state index in [1.807, 2.05) is 31.2 Å². The van der Waals surface area contributed by atoms with E-state index in [1.54, 1.807) is 0 Å². The van der Waals surface area contributed by atoms with E-state index in [0.717, 1.165) is 29.6 Å². The number of rotatable bonds is 5. The number of anilines is 1. The average Bonchev–Trinajstić information content (AvgIpc) is 2.44. The van der Waals surface area contributed by atoms with Gasteiger partial charge in [-0.3, -0.25) is 4.79 Å². The maximum atomic E-state index is 11.9. The minimum Gasteiger partial charge on any atom is -0.325 e. The van der Waals surface area contributed by atoms with Crippen LogP contribution in [0.3, 0.4) is 0 Å². The molecule has 0 aliphatic heterocycles. The topological polar surface area (TPSA) is 41.1 Å². The van der Waals surface area contributed by atoms with Gasteiger partial charge in [-0.2, -0.15) is 0 Å². The minimum absolute atomic E-state index is 0.0449. The van der Waals surface area contributed by atoms with Gasteiger partial charge in [0.1, 0.15) is 0 Å². The predicted molar refractivity (Wildman–Crippen MR) is 83.8 cm³/mol. The number of aryl methyl sites for hydroxylation is 1. The number of carbonyl (C=O) groups excluding carboxylic acids is 1. The SMILES string of the molecule is Cc1ccccc1NC(=O)CNCC1CCC(C)CC1. The highest BCUT2D eigenvalue weighted by molar-refractivity contribution is 5.92. The highest BCUT2D eigenvalue weighted by atomic mass is 16.1. The molecular weight excluding hydrogens is 248 g/mol. The second-order valence-corrected chi connectivity index (χ2v) is 6.12. The molecule has 110 valence electrons. The summed E-state index contributed by atoms with van der Waals surface area (Å²) >= 11 is 0. The molecule has 1 aromatic rings. The van der Waals surface area contributed by atoms with Gasteiger partial charge in [-0.15, -0.1) is 0 Å². The van der Waals surface area contributed by atoms with E-state index < -0.39 is 0 Å². The van der Waals surface area contributed by atoms with Crippen LogP contribution in [0, 0.1) is 18.8 Å². The van der Waals surface area contributed by atoms with Crippen LogP contribution in [0.25, 0.3) is 0 Å². The summed E-state index contributed by atoms with van der Waals surface area (Å²) in [6.07, 6.45) is 5.27. The molecule has 1 saturated carbocycles. The van der Waals surface area contributed by atoms with Crippen LogP contribution in [0.15, 0.2) is 24.3 Å². The average molecular weight is 274 g/mol. The number of carbonyl (C=O) groups is 1. The highest BCUT2D eigenvalue weighted by Crippen LogP contribution is 2.27. The molecule has 0 atom stereocenters. The monoisotopic (exact) mass is 274 g/mol. The molecule has 3 heteroatoms. The van der Waals surface area contributed by atoms with E-state index >= 15 is 0 Å². The first kappa shape index (κ1) is 15.0. The standard InChI is InChI=1S/C17H26N2O/c1-13-7-9-15(10-8-13)11-18-12-17(20)19-16-6-4-3-5-14(16)2/h3-6,13,15,18H,7-12H2,1-2H3,(H,19,20). The van der Waals surface area contributed by atoms with E-state index in [9.17, 15) is 4.79 Å². The third-order valence-corrected chi connectivity index (χ3v) is 4.27. The quantitative estimate of drug-likeness (QED) is 0.864. The third kappa shape index (κ3) is 4.64. The summed E-state index contributed by atoms with van der Waals surface area (Å²) in [4.78, 5) is 11.9. The molecular formula is C17H26N2O. The maximum Gasteiger partial charge on any atom is 0.238 e. The number of hydrogen-bond donors (Lipinski definition) is 2. The van der Waals surface area contributed by atoms with Crippen molar-refractivity contribution in [2.45, 2.75) is 39.5 Å². The van der Waals surface area contributed by atoms with Gasteiger partial charge in [-0.25, -0.2) is 0 Å². The normalized spacial score (nSPS) is 22.5. The van der Waals surface area contributed by atoms with Gasteiger partial charge in [0.15, 0.2) is 0 Å². The van der Waals surface area contributed by atoms with Crippen molar-refractivity contribution in [3.05, 3.63) is 29.8 Å². The Morgan fingerprint density at radius 3 is 2.60 bits per heavy atom. The zero-order chi connectivity index (χ0) is 14.4. The van der Waals surface area contributed by atoms with Crippen molar-refractivity contribution in [2.24, 2.45) is 11.8 Å². The molecule has 0 bridgehead atoms. The number of nitrogens with one attached hydrogen (secondary N) is 2. The Labute approximate surface area is 122 Å². The molecule has 0 saturated heterocycles. The summed E-state index contributed by atoms with van der Waals surface area (Å²) < 4.78 is 0. The molecule has 1 aromatic carbocycles. The molecule has 0 spiro atoms. The molecule has 1 aliphatic carbocycles. The van der Waals surface area contributed by atoms with Gasteiger partial charge in [0, 0.05) is 5.69 Å². The number of hydrogen-bond acceptors (Lipinski definition) is 2. The maximum absolute atomic E-state index is 11.9. The largest absolute Gasteiger partial charge is 0.325 e. The molecule has 0 radical (unpaired) electrons. The van der Waals surface area contributed by atoms with E-state index in [0.29, 0.717) is 6.54 Å². The molecule has 3 nitrogen and oxygen atoms in total. The van der Waals surface area contributed by atoms with Crippen LogP contribution in [-0.4, -0.2) is 19.0 Å². The number of para-hydroxylation sites is 1. The third-order valence-electron chi connectivity index (χ3n) is 4.27. The zero-order valence-electron chi connectivity index (χ0n) is 12.6. The number of amides is 1. The lowest BCUT2D eigenvalue weighted by Gasteiger charge is -2.26. The Bertz CT molecular complexity index is 436. The second kappa shape index (κ2) is 7.44. The fourth-order valence-corrected chi connectivity index (χ4v) is 2.83. The Balaban J connectivity index is 1.67. The summed E-state index contributed by atoms with van der Waals surface area (Å²) in [5, 5.41) is 6.25. The van der Waals surface area contributed by atoms with Crippen LogP contribution in [0.1, 0.15) is 38.2 Å². The molecule has 2 N–H and O–H groups in total. The Morgan fingerprint density at radius 1 is 1.20 bits per heavy atom. The van der Waals surface area contributed by atoms with Gasteiger partial charge in [0.25, 0.3) is 0 Å². The van der Waals surface area contributed by atoms with Crippen molar-refractivity contribution in [1.29, 1.82) is 0 Å². The summed E-state index contributed by atoms with van der Waals surface area (Å²) in [7, 11) is 0. The molecule has 1 fully saturated rings. The molecule has 0 unspecified atom stereocenters. The van der Waals surface area contributed by atoms with Crippen LogP contribution in [-0.2, 0) is 4.79 Å². The second-order valence-electron chi connectivity index (χ2n) is 6.12. The lowest BCUT2D eigenvalue weighted by atomic mass is 9.83. The van der Waals surface area contributed by atoms with E-state index in [1.165, 1.54) is 25.7 Å². The summed E-state index contributed by atoms with van der Waals surface area (Å²) in [6, 6.07) is 7.87. The summed E-state index contributed by atoms with van der Waals surface area (Å²) in [6.45, 7) is 5.71. The van der Waals surface area contributed by atoms with Crippen molar-refractivity contribution in [1.82, 2.24) is 5.32 Å². The van der Waals surface area contributed by atoms with Crippen LogP contribution < -0.4 is 10.6 Å². The molecule has 1 amide bonds. The van der Waals surface area contributed by atoms with Crippen molar-refractivity contribution in [3.8, 4) is 0 Å². The van der Waals surface area contributed by atoms with Gasteiger partial charge in [-0.1, -0.05) is 38.0 Å². The first-order valence-corrected chi connectivity index (χ1v) is 7.71. The molecule has 0 heterocycles. The van der Waals surface area contributed by atoms with Gasteiger partial charge in [-0.05, 0) is 49.8 Å². The summed E-state index contributed by atoms with van der Waals surface area (Å²) in [5.41, 5.74) is 2.01. The molecule has 0 aromatic heterocycles. The fraction of sp³-hybridized carbons (Fsp3) is 0.588. The van der Waals surface area contributed by atoms with Gasteiger partial charge in [0.05, 0.1) is 6.54 Å². The number of benzene rings is 1. The van der Waals surface area contributed by atoms with E-state index in [2.05, 4.69) is 17.6 Å². The van der Waals surface area contributed by atoms with Crippen molar-refractivity contribution in [3.63, 3.8) is 0 Å². The predicted octanol–water partition coefficient (Wildman–Crippen LogP) is 3.35. The molecule has 20 heavy (non-hydrogen) atoms. The highest BCUT2D eigenvalue weighted by Gasteiger charge is 2.17. The first-order chi connectivity index (χ1) is 9.65. The van der Waals surface area contributed by atoms with Crippen molar-refractivity contribution in [2.75, 3.05) is 18.4 Å². The van der Waals surface area contributed by atoms with Crippen molar-refractivity contribution < 1.29 is 4.79 Å². The van der Waals surface area contributed by atoms with Crippen LogP contribution in [0.5, 0.6) is 0 Å². The first-order valence-electron chi connectivity index (χ1n) is 7.71. The molecule has 1 aliphatic rings. The smallest absolute Gasteiger partial charge is 0.238 e. The van der Waals surface area contributed by atoms with Gasteiger partial charge in [0.2, 0.25) is 5.91 Å². The molecule has 2 rings (SSSR count). The van der Waals surface area contributed by atoms with Crippen LogP contribution in [0.4, 0.5) is 5.69 Å². The zero-order valence-corrected chi connectivity index (χ0v) is 12.6. The van der Waals surface area contributed by atoms with Gasteiger partial charge < -0.3 is 10.6 Å². The Kier molecular flexibility index (Phi) is 5.60. The van der Waals surface area contributed by atoms with Gasteiger partial charge >= 0.3 is 0 Å². The van der Waals surface area contributed by atoms with E-state index in [-0.39, 0.29) is 5.91 Å². The Morgan fingerprint density at radius 2 is 1.90 bits per heavy atom. The van der Waals surface area contributed by atoms with E-state index in [4.69, 9.17) is 0 Å². The Hall–Kier alpha value is -1.35. The van der Waals surface area contributed by atoms with Crippen molar-refractivity contribution >= 4 is 11.6 Å². The minimum atomic E-state index is 0.0449. The fourth-order valence-electron chi connectivity index (χ4n) is 2.83. The van der Waals surface area contributed by atoms with Crippen LogP contribution >= 0.6 is 0 Å². The van der Waals surface area contributed by atoms with Crippen LogP contribution in [0.2, 0.25) is 0 Å². The lowest BCUT2D eigenvalue weighted by molar-refractivity contribution is -0.115.